The van der Waals surface area contributed by atoms with Gasteiger partial charge in [-0.25, -0.2) is 0 Å². The maximum atomic E-state index is 12.4. The van der Waals surface area contributed by atoms with Crippen LogP contribution < -0.4 is 10.1 Å². The van der Waals surface area contributed by atoms with Crippen LogP contribution in [0.25, 0.3) is 0 Å². The summed E-state index contributed by atoms with van der Waals surface area (Å²) in [5, 5.41) is 3.25. The topological polar surface area (TPSA) is 38.3 Å². The fraction of sp³-hybridized carbons (Fsp3) is 0.316. The van der Waals surface area contributed by atoms with Crippen molar-refractivity contribution < 1.29 is 9.53 Å². The SMILES string of the molecule is CCSC(CCc1ccccc1)NC(=O)c1ccc(OC)cc1. The molecule has 0 aliphatic heterocycles. The van der Waals surface area contributed by atoms with Crippen LogP contribution >= 0.6 is 11.8 Å². The highest BCUT2D eigenvalue weighted by Crippen LogP contribution is 2.17. The van der Waals surface area contributed by atoms with Crippen LogP contribution in [0.15, 0.2) is 54.6 Å². The molecule has 0 aromatic heterocycles. The first-order valence-electron chi connectivity index (χ1n) is 7.83. The highest BCUT2D eigenvalue weighted by molar-refractivity contribution is 7.99. The first-order valence-corrected chi connectivity index (χ1v) is 8.88. The minimum Gasteiger partial charge on any atom is -0.497 e. The summed E-state index contributed by atoms with van der Waals surface area (Å²) < 4.78 is 5.12. The van der Waals surface area contributed by atoms with Gasteiger partial charge in [-0.2, -0.15) is 0 Å². The normalized spacial score (nSPS) is 11.7. The largest absolute Gasteiger partial charge is 0.497 e. The van der Waals surface area contributed by atoms with Gasteiger partial charge in [0, 0.05) is 5.56 Å². The monoisotopic (exact) mass is 329 g/mol. The van der Waals surface area contributed by atoms with Crippen molar-refractivity contribution in [3.8, 4) is 5.75 Å². The Bertz CT molecular complexity index is 599. The van der Waals surface area contributed by atoms with E-state index < -0.39 is 0 Å². The Morgan fingerprint density at radius 3 is 2.43 bits per heavy atom. The van der Waals surface area contributed by atoms with Gasteiger partial charge < -0.3 is 10.1 Å². The van der Waals surface area contributed by atoms with Gasteiger partial charge in [0.1, 0.15) is 5.75 Å². The van der Waals surface area contributed by atoms with Crippen molar-refractivity contribution in [3.63, 3.8) is 0 Å². The van der Waals surface area contributed by atoms with E-state index in [2.05, 4.69) is 24.4 Å². The van der Waals surface area contributed by atoms with Gasteiger partial charge in [0.05, 0.1) is 12.5 Å². The van der Waals surface area contributed by atoms with Crippen LogP contribution in [0.5, 0.6) is 5.75 Å². The van der Waals surface area contributed by atoms with Gasteiger partial charge in [0.25, 0.3) is 5.91 Å². The van der Waals surface area contributed by atoms with E-state index in [0.717, 1.165) is 24.3 Å². The van der Waals surface area contributed by atoms with Crippen molar-refractivity contribution in [2.75, 3.05) is 12.9 Å². The number of nitrogens with one attached hydrogen (secondary N) is 1. The molecule has 4 heteroatoms. The summed E-state index contributed by atoms with van der Waals surface area (Å²) in [6, 6.07) is 17.6. The molecule has 0 aliphatic carbocycles. The van der Waals surface area contributed by atoms with E-state index in [1.165, 1.54) is 5.56 Å². The Kier molecular flexibility index (Phi) is 7.01. The molecule has 0 aliphatic rings. The zero-order valence-corrected chi connectivity index (χ0v) is 14.4. The molecule has 3 nitrogen and oxygen atoms in total. The van der Waals surface area contributed by atoms with Crippen LogP contribution in [0.3, 0.4) is 0 Å². The number of thioether (sulfide) groups is 1. The van der Waals surface area contributed by atoms with E-state index in [1.54, 1.807) is 43.1 Å². The van der Waals surface area contributed by atoms with E-state index in [-0.39, 0.29) is 11.3 Å². The van der Waals surface area contributed by atoms with Crippen LogP contribution in [0.1, 0.15) is 29.3 Å². The summed E-state index contributed by atoms with van der Waals surface area (Å²) in [5.74, 6) is 1.69. The van der Waals surface area contributed by atoms with Gasteiger partial charge in [-0.3, -0.25) is 4.79 Å². The lowest BCUT2D eigenvalue weighted by Gasteiger charge is -2.18. The number of hydrogen-bond acceptors (Lipinski definition) is 3. The predicted octanol–water partition coefficient (Wildman–Crippen LogP) is 4.14. The molecule has 0 saturated carbocycles. The Hall–Kier alpha value is -1.94. The fourth-order valence-electron chi connectivity index (χ4n) is 2.31. The second kappa shape index (κ2) is 9.26. The lowest BCUT2D eigenvalue weighted by Crippen LogP contribution is -2.33. The zero-order chi connectivity index (χ0) is 16.5. The van der Waals surface area contributed by atoms with Gasteiger partial charge in [-0.05, 0) is 48.4 Å². The number of hydrogen-bond donors (Lipinski definition) is 1. The van der Waals surface area contributed by atoms with Crippen molar-refractivity contribution in [1.82, 2.24) is 5.32 Å². The van der Waals surface area contributed by atoms with E-state index in [9.17, 15) is 4.79 Å². The Labute approximate surface area is 142 Å². The number of methoxy groups -OCH3 is 1. The molecule has 1 atom stereocenters. The highest BCUT2D eigenvalue weighted by atomic mass is 32.2. The average molecular weight is 329 g/mol. The number of aryl methyl sites for hydroxylation is 1. The number of benzene rings is 2. The smallest absolute Gasteiger partial charge is 0.252 e. The molecule has 122 valence electrons. The lowest BCUT2D eigenvalue weighted by molar-refractivity contribution is 0.0948. The predicted molar refractivity (Wildman–Crippen MR) is 97.1 cm³/mol. The van der Waals surface area contributed by atoms with Gasteiger partial charge in [0.15, 0.2) is 0 Å². The molecule has 1 N–H and O–H groups in total. The van der Waals surface area contributed by atoms with Crippen LogP contribution in [0, 0.1) is 0 Å². The Balaban J connectivity index is 1.93. The molecule has 0 spiro atoms. The standard InChI is InChI=1S/C19H23NO2S/c1-3-23-18(14-9-15-7-5-4-6-8-15)20-19(21)16-10-12-17(22-2)13-11-16/h4-8,10-13,18H,3,9,14H2,1-2H3,(H,20,21). The van der Waals surface area contributed by atoms with Crippen molar-refractivity contribution in [3.05, 3.63) is 65.7 Å². The molecule has 23 heavy (non-hydrogen) atoms. The summed E-state index contributed by atoms with van der Waals surface area (Å²) in [4.78, 5) is 12.4. The third-order valence-corrected chi connectivity index (χ3v) is 4.64. The van der Waals surface area contributed by atoms with Crippen molar-refractivity contribution in [2.45, 2.75) is 25.1 Å². The molecule has 0 fully saturated rings. The van der Waals surface area contributed by atoms with Gasteiger partial charge >= 0.3 is 0 Å². The van der Waals surface area contributed by atoms with Crippen molar-refractivity contribution >= 4 is 17.7 Å². The molecule has 1 unspecified atom stereocenters. The number of rotatable bonds is 8. The quantitative estimate of drug-likeness (QED) is 0.740. The summed E-state index contributed by atoms with van der Waals surface area (Å²) in [6.07, 6.45) is 1.88. The van der Waals surface area contributed by atoms with Gasteiger partial charge in [-0.15, -0.1) is 11.8 Å². The molecule has 0 heterocycles. The fourth-order valence-corrected chi connectivity index (χ4v) is 3.19. The summed E-state index contributed by atoms with van der Waals surface area (Å²) in [7, 11) is 1.62. The molecule has 2 aromatic rings. The minimum atomic E-state index is -0.0355. The Morgan fingerprint density at radius 1 is 1.13 bits per heavy atom. The van der Waals surface area contributed by atoms with Crippen LogP contribution in [0.2, 0.25) is 0 Å². The summed E-state index contributed by atoms with van der Waals surface area (Å²) in [5.41, 5.74) is 1.96. The van der Waals surface area contributed by atoms with E-state index in [4.69, 9.17) is 4.74 Å². The number of carbonyl (C=O) groups is 1. The second-order valence-corrected chi connectivity index (χ2v) is 6.65. The second-order valence-electron chi connectivity index (χ2n) is 5.17. The maximum Gasteiger partial charge on any atom is 0.252 e. The molecule has 2 rings (SSSR count). The van der Waals surface area contributed by atoms with E-state index in [0.29, 0.717) is 5.56 Å². The van der Waals surface area contributed by atoms with Crippen LogP contribution in [-0.4, -0.2) is 24.1 Å². The van der Waals surface area contributed by atoms with Crippen LogP contribution in [0.4, 0.5) is 0 Å². The zero-order valence-electron chi connectivity index (χ0n) is 13.6. The van der Waals surface area contributed by atoms with Gasteiger partial charge in [-0.1, -0.05) is 37.3 Å². The average Bonchev–Trinajstić information content (AvgIpc) is 2.61. The summed E-state index contributed by atoms with van der Waals surface area (Å²) in [6.45, 7) is 2.11. The third kappa shape index (κ3) is 5.64. The third-order valence-electron chi connectivity index (χ3n) is 3.55. The maximum absolute atomic E-state index is 12.4. The molecule has 0 bridgehead atoms. The van der Waals surface area contributed by atoms with Gasteiger partial charge in [0.2, 0.25) is 0 Å². The lowest BCUT2D eigenvalue weighted by atomic mass is 10.1. The van der Waals surface area contributed by atoms with E-state index in [1.807, 2.05) is 18.2 Å². The molecule has 0 saturated heterocycles. The molecular weight excluding hydrogens is 306 g/mol. The number of ether oxygens (including phenoxy) is 1. The first-order chi connectivity index (χ1) is 11.2. The highest BCUT2D eigenvalue weighted by Gasteiger charge is 2.13. The van der Waals surface area contributed by atoms with E-state index >= 15 is 0 Å². The number of carbonyl (C=O) groups excluding carboxylic acids is 1. The molecule has 0 radical (unpaired) electrons. The molecule has 1 amide bonds. The minimum absolute atomic E-state index is 0.0355. The molecular formula is C19H23NO2S. The summed E-state index contributed by atoms with van der Waals surface area (Å²) >= 11 is 1.77. The van der Waals surface area contributed by atoms with Crippen molar-refractivity contribution in [1.29, 1.82) is 0 Å². The number of amides is 1. The molecule has 2 aromatic carbocycles. The van der Waals surface area contributed by atoms with Crippen molar-refractivity contribution in [2.24, 2.45) is 0 Å². The first kappa shape index (κ1) is 17.4. The Morgan fingerprint density at radius 2 is 1.83 bits per heavy atom. The van der Waals surface area contributed by atoms with Crippen LogP contribution in [-0.2, 0) is 6.42 Å².